The van der Waals surface area contributed by atoms with Gasteiger partial charge in [-0.2, -0.15) is 0 Å². The van der Waals surface area contributed by atoms with Gasteiger partial charge in [-0.05, 0) is 45.2 Å². The van der Waals surface area contributed by atoms with Gasteiger partial charge in [0, 0.05) is 18.6 Å². The summed E-state index contributed by atoms with van der Waals surface area (Å²) in [4.78, 5) is 2.66. The SMILES string of the molecule is CCNC1CCCCC1CN(C)C1CCCC1. The second-order valence-electron chi connectivity index (χ2n) is 6.09. The summed E-state index contributed by atoms with van der Waals surface area (Å²) in [6, 6.07) is 1.68. The number of nitrogens with one attached hydrogen (secondary N) is 1. The third-order valence-electron chi connectivity index (χ3n) is 4.85. The van der Waals surface area contributed by atoms with Crippen molar-refractivity contribution in [3.05, 3.63) is 0 Å². The second-order valence-corrected chi connectivity index (χ2v) is 6.09. The fourth-order valence-electron chi connectivity index (χ4n) is 3.82. The van der Waals surface area contributed by atoms with Crippen LogP contribution in [-0.2, 0) is 0 Å². The number of hydrogen-bond acceptors (Lipinski definition) is 2. The molecule has 2 nitrogen and oxygen atoms in total. The Bertz CT molecular complexity index is 209. The van der Waals surface area contributed by atoms with Crippen molar-refractivity contribution in [1.29, 1.82) is 0 Å². The average Bonchev–Trinajstić information content (AvgIpc) is 2.85. The van der Waals surface area contributed by atoms with Gasteiger partial charge in [0.25, 0.3) is 0 Å². The summed E-state index contributed by atoms with van der Waals surface area (Å²) in [6.45, 7) is 4.70. The molecule has 0 bridgehead atoms. The van der Waals surface area contributed by atoms with Crippen molar-refractivity contribution in [2.75, 3.05) is 20.1 Å². The van der Waals surface area contributed by atoms with Crippen LogP contribution in [0.2, 0.25) is 0 Å². The van der Waals surface area contributed by atoms with Gasteiger partial charge in [-0.3, -0.25) is 0 Å². The summed E-state index contributed by atoms with van der Waals surface area (Å²) < 4.78 is 0. The third kappa shape index (κ3) is 3.69. The molecule has 2 rings (SSSR count). The molecule has 2 atom stereocenters. The Morgan fingerprint density at radius 2 is 1.65 bits per heavy atom. The van der Waals surface area contributed by atoms with Crippen LogP contribution in [0.4, 0.5) is 0 Å². The first kappa shape index (κ1) is 13.4. The lowest BCUT2D eigenvalue weighted by Gasteiger charge is -2.36. The van der Waals surface area contributed by atoms with Crippen LogP contribution in [-0.4, -0.2) is 37.1 Å². The molecule has 2 heteroatoms. The van der Waals surface area contributed by atoms with Gasteiger partial charge in [-0.1, -0.05) is 32.6 Å². The summed E-state index contributed by atoms with van der Waals surface area (Å²) in [5.74, 6) is 0.897. The van der Waals surface area contributed by atoms with Gasteiger partial charge in [-0.25, -0.2) is 0 Å². The molecule has 0 aromatic heterocycles. The Hall–Kier alpha value is -0.0800. The zero-order valence-electron chi connectivity index (χ0n) is 11.8. The summed E-state index contributed by atoms with van der Waals surface area (Å²) in [6.07, 6.45) is 11.5. The minimum atomic E-state index is 0.789. The van der Waals surface area contributed by atoms with E-state index in [2.05, 4.69) is 24.2 Å². The monoisotopic (exact) mass is 238 g/mol. The van der Waals surface area contributed by atoms with E-state index in [1.165, 1.54) is 57.9 Å². The topological polar surface area (TPSA) is 15.3 Å². The fourth-order valence-corrected chi connectivity index (χ4v) is 3.82. The molecule has 17 heavy (non-hydrogen) atoms. The maximum absolute atomic E-state index is 3.70. The molecule has 2 aliphatic carbocycles. The highest BCUT2D eigenvalue weighted by Gasteiger charge is 2.28. The molecular weight excluding hydrogens is 208 g/mol. The molecule has 0 aromatic carbocycles. The molecule has 2 unspecified atom stereocenters. The van der Waals surface area contributed by atoms with Gasteiger partial charge in [0.1, 0.15) is 0 Å². The highest BCUT2D eigenvalue weighted by Crippen LogP contribution is 2.28. The summed E-state index contributed by atoms with van der Waals surface area (Å²) in [5.41, 5.74) is 0. The van der Waals surface area contributed by atoms with Crippen molar-refractivity contribution in [2.24, 2.45) is 5.92 Å². The largest absolute Gasteiger partial charge is 0.314 e. The molecule has 0 saturated heterocycles. The van der Waals surface area contributed by atoms with Crippen LogP contribution in [0, 0.1) is 5.92 Å². The molecule has 1 N–H and O–H groups in total. The van der Waals surface area contributed by atoms with Gasteiger partial charge in [0.05, 0.1) is 0 Å². The Kier molecular flexibility index (Phi) is 5.30. The summed E-state index contributed by atoms with van der Waals surface area (Å²) in [5, 5.41) is 3.70. The Morgan fingerprint density at radius 1 is 1.00 bits per heavy atom. The molecule has 100 valence electrons. The maximum Gasteiger partial charge on any atom is 0.0107 e. The Morgan fingerprint density at radius 3 is 2.35 bits per heavy atom. The summed E-state index contributed by atoms with van der Waals surface area (Å²) >= 11 is 0. The lowest BCUT2D eigenvalue weighted by Crippen LogP contribution is -2.45. The fraction of sp³-hybridized carbons (Fsp3) is 1.00. The van der Waals surface area contributed by atoms with Gasteiger partial charge >= 0.3 is 0 Å². The molecule has 0 spiro atoms. The molecule has 0 radical (unpaired) electrons. The van der Waals surface area contributed by atoms with Crippen molar-refractivity contribution >= 4 is 0 Å². The van der Waals surface area contributed by atoms with Crippen LogP contribution < -0.4 is 5.32 Å². The maximum atomic E-state index is 3.70. The zero-order chi connectivity index (χ0) is 12.1. The molecule has 0 amide bonds. The van der Waals surface area contributed by atoms with Crippen LogP contribution >= 0.6 is 0 Å². The van der Waals surface area contributed by atoms with Crippen LogP contribution in [0.25, 0.3) is 0 Å². The predicted octanol–water partition coefficient (Wildman–Crippen LogP) is 3.03. The lowest BCUT2D eigenvalue weighted by atomic mass is 9.84. The van der Waals surface area contributed by atoms with E-state index in [9.17, 15) is 0 Å². The third-order valence-corrected chi connectivity index (χ3v) is 4.85. The molecule has 0 aromatic rings. The van der Waals surface area contributed by atoms with Crippen LogP contribution in [0.5, 0.6) is 0 Å². The molecule has 0 heterocycles. The second kappa shape index (κ2) is 6.75. The first-order chi connectivity index (χ1) is 8.31. The average molecular weight is 238 g/mol. The highest BCUT2D eigenvalue weighted by atomic mass is 15.1. The minimum absolute atomic E-state index is 0.789. The van der Waals surface area contributed by atoms with E-state index in [4.69, 9.17) is 0 Å². The van der Waals surface area contributed by atoms with Crippen molar-refractivity contribution in [3.8, 4) is 0 Å². The van der Waals surface area contributed by atoms with Crippen molar-refractivity contribution in [3.63, 3.8) is 0 Å². The normalized spacial score (nSPS) is 31.2. The van der Waals surface area contributed by atoms with Crippen LogP contribution in [0.3, 0.4) is 0 Å². The Balaban J connectivity index is 1.81. The predicted molar refractivity (Wildman–Crippen MR) is 74.3 cm³/mol. The van der Waals surface area contributed by atoms with Crippen molar-refractivity contribution in [2.45, 2.75) is 70.4 Å². The van der Waals surface area contributed by atoms with Crippen LogP contribution in [0.15, 0.2) is 0 Å². The van der Waals surface area contributed by atoms with Crippen molar-refractivity contribution in [1.82, 2.24) is 10.2 Å². The first-order valence-corrected chi connectivity index (χ1v) is 7.75. The van der Waals surface area contributed by atoms with E-state index in [0.717, 1.165) is 24.5 Å². The minimum Gasteiger partial charge on any atom is -0.314 e. The van der Waals surface area contributed by atoms with E-state index in [1.54, 1.807) is 0 Å². The number of hydrogen-bond donors (Lipinski definition) is 1. The summed E-state index contributed by atoms with van der Waals surface area (Å²) in [7, 11) is 2.35. The van der Waals surface area contributed by atoms with Gasteiger partial charge in [0.2, 0.25) is 0 Å². The van der Waals surface area contributed by atoms with Crippen LogP contribution in [0.1, 0.15) is 58.3 Å². The molecule has 2 fully saturated rings. The lowest BCUT2D eigenvalue weighted by molar-refractivity contribution is 0.156. The number of rotatable bonds is 5. The van der Waals surface area contributed by atoms with Gasteiger partial charge < -0.3 is 10.2 Å². The van der Waals surface area contributed by atoms with E-state index >= 15 is 0 Å². The smallest absolute Gasteiger partial charge is 0.0107 e. The van der Waals surface area contributed by atoms with Gasteiger partial charge in [0.15, 0.2) is 0 Å². The van der Waals surface area contributed by atoms with Gasteiger partial charge in [-0.15, -0.1) is 0 Å². The van der Waals surface area contributed by atoms with E-state index < -0.39 is 0 Å². The number of nitrogens with zero attached hydrogens (tertiary/aromatic N) is 1. The molecule has 2 saturated carbocycles. The van der Waals surface area contributed by atoms with E-state index in [0.29, 0.717) is 0 Å². The standard InChI is InChI=1S/C15H30N2/c1-3-16-15-11-7-4-8-13(15)12-17(2)14-9-5-6-10-14/h13-16H,3-12H2,1-2H3. The Labute approximate surface area is 107 Å². The quantitative estimate of drug-likeness (QED) is 0.792. The molecule has 0 aliphatic heterocycles. The molecular formula is C15H30N2. The molecule has 2 aliphatic rings. The zero-order valence-corrected chi connectivity index (χ0v) is 11.8. The van der Waals surface area contributed by atoms with E-state index in [-0.39, 0.29) is 0 Å². The van der Waals surface area contributed by atoms with E-state index in [1.807, 2.05) is 0 Å². The first-order valence-electron chi connectivity index (χ1n) is 7.75. The van der Waals surface area contributed by atoms with Crippen molar-refractivity contribution < 1.29 is 0 Å². The highest BCUT2D eigenvalue weighted by molar-refractivity contribution is 4.85.